The first-order valence-corrected chi connectivity index (χ1v) is 7.34. The Morgan fingerprint density at radius 1 is 1.50 bits per heavy atom. The molecule has 1 fully saturated rings. The van der Waals surface area contributed by atoms with Gasteiger partial charge in [0.1, 0.15) is 5.25 Å². The van der Waals surface area contributed by atoms with Crippen LogP contribution in [0.2, 0.25) is 5.02 Å². The van der Waals surface area contributed by atoms with Gasteiger partial charge in [0.25, 0.3) is 0 Å². The van der Waals surface area contributed by atoms with Gasteiger partial charge < -0.3 is 9.57 Å². The van der Waals surface area contributed by atoms with Crippen LogP contribution < -0.4 is 5.48 Å². The number of ether oxygens (including phenoxy) is 1. The minimum atomic E-state index is -3.38. The van der Waals surface area contributed by atoms with Gasteiger partial charge in [0, 0.05) is 6.54 Å². The molecule has 18 heavy (non-hydrogen) atoms. The van der Waals surface area contributed by atoms with E-state index >= 15 is 0 Å². The van der Waals surface area contributed by atoms with E-state index in [2.05, 4.69) is 5.48 Å². The van der Waals surface area contributed by atoms with Crippen molar-refractivity contribution in [3.8, 4) is 0 Å². The molecule has 0 spiro atoms. The van der Waals surface area contributed by atoms with Gasteiger partial charge in [0.05, 0.1) is 30.2 Å². The summed E-state index contributed by atoms with van der Waals surface area (Å²) in [5, 5.41) is -0.241. The molecule has 0 aliphatic carbocycles. The predicted molar refractivity (Wildman–Crippen MR) is 67.1 cm³/mol. The number of rotatable bonds is 5. The standard InChI is InChI=1S/C11H14ClNO4S/c1-16-13-5-8-2-3-11(10(12)4-8)18(14,15)9-6-17-7-9/h2-4,9,13H,5-7H2,1H3. The predicted octanol–water partition coefficient (Wildman–Crippen LogP) is 1.16. The van der Waals surface area contributed by atoms with Crippen molar-refractivity contribution in [1.82, 2.24) is 5.48 Å². The Kier molecular flexibility index (Phi) is 4.24. The molecule has 0 saturated carbocycles. The highest BCUT2D eigenvalue weighted by Gasteiger charge is 2.35. The highest BCUT2D eigenvalue weighted by molar-refractivity contribution is 7.92. The van der Waals surface area contributed by atoms with Crippen LogP contribution in [0, 0.1) is 0 Å². The van der Waals surface area contributed by atoms with Crippen molar-refractivity contribution in [3.63, 3.8) is 0 Å². The molecular weight excluding hydrogens is 278 g/mol. The fraction of sp³-hybridized carbons (Fsp3) is 0.455. The van der Waals surface area contributed by atoms with Crippen molar-refractivity contribution >= 4 is 21.4 Å². The van der Waals surface area contributed by atoms with E-state index in [1.54, 1.807) is 12.1 Å². The van der Waals surface area contributed by atoms with Gasteiger partial charge in [0.15, 0.2) is 9.84 Å². The van der Waals surface area contributed by atoms with Gasteiger partial charge in [-0.15, -0.1) is 0 Å². The summed E-state index contributed by atoms with van der Waals surface area (Å²) >= 11 is 6.03. The lowest BCUT2D eigenvalue weighted by Crippen LogP contribution is -2.40. The third-order valence-corrected chi connectivity index (χ3v) is 5.31. The van der Waals surface area contributed by atoms with E-state index in [0.29, 0.717) is 6.54 Å². The first-order valence-electron chi connectivity index (χ1n) is 5.41. The average Bonchev–Trinajstić information content (AvgIpc) is 2.22. The number of benzene rings is 1. The van der Waals surface area contributed by atoms with Gasteiger partial charge in [-0.3, -0.25) is 0 Å². The summed E-state index contributed by atoms with van der Waals surface area (Å²) in [4.78, 5) is 4.89. The van der Waals surface area contributed by atoms with Crippen LogP contribution in [0.3, 0.4) is 0 Å². The van der Waals surface area contributed by atoms with Crippen molar-refractivity contribution in [2.45, 2.75) is 16.7 Å². The van der Waals surface area contributed by atoms with Crippen molar-refractivity contribution in [2.24, 2.45) is 0 Å². The Labute approximate surface area is 111 Å². The topological polar surface area (TPSA) is 64.6 Å². The van der Waals surface area contributed by atoms with Crippen molar-refractivity contribution in [2.75, 3.05) is 20.3 Å². The van der Waals surface area contributed by atoms with Gasteiger partial charge in [-0.05, 0) is 17.7 Å². The smallest absolute Gasteiger partial charge is 0.187 e. The third-order valence-electron chi connectivity index (χ3n) is 2.77. The Morgan fingerprint density at radius 2 is 2.22 bits per heavy atom. The molecule has 2 rings (SSSR count). The van der Waals surface area contributed by atoms with Gasteiger partial charge in [-0.2, -0.15) is 5.48 Å². The van der Waals surface area contributed by atoms with Crippen LogP contribution in [0.1, 0.15) is 5.56 Å². The van der Waals surface area contributed by atoms with E-state index in [1.807, 2.05) is 0 Å². The number of hydroxylamine groups is 1. The molecule has 5 nitrogen and oxygen atoms in total. The Balaban J connectivity index is 2.24. The molecule has 1 aliphatic rings. The zero-order chi connectivity index (χ0) is 13.2. The second-order valence-corrected chi connectivity index (χ2v) is 6.60. The van der Waals surface area contributed by atoms with E-state index in [4.69, 9.17) is 21.2 Å². The minimum absolute atomic E-state index is 0.165. The molecule has 1 saturated heterocycles. The van der Waals surface area contributed by atoms with Gasteiger partial charge in [-0.1, -0.05) is 17.7 Å². The SMILES string of the molecule is CONCc1ccc(S(=O)(=O)C2COC2)c(Cl)c1. The summed E-state index contributed by atoms with van der Waals surface area (Å²) in [6.45, 7) is 0.945. The molecule has 1 aliphatic heterocycles. The fourth-order valence-electron chi connectivity index (χ4n) is 1.61. The minimum Gasteiger partial charge on any atom is -0.379 e. The maximum atomic E-state index is 12.2. The molecule has 0 amide bonds. The number of halogens is 1. The summed E-state index contributed by atoms with van der Waals surface area (Å²) in [6, 6.07) is 4.87. The van der Waals surface area contributed by atoms with Gasteiger partial charge in [0.2, 0.25) is 0 Å². The number of nitrogens with one attached hydrogen (secondary N) is 1. The molecular formula is C11H14ClNO4S. The number of hydrogen-bond donors (Lipinski definition) is 1. The second-order valence-electron chi connectivity index (χ2n) is 3.99. The van der Waals surface area contributed by atoms with Gasteiger partial charge >= 0.3 is 0 Å². The first-order chi connectivity index (χ1) is 8.55. The van der Waals surface area contributed by atoms with Crippen molar-refractivity contribution in [1.29, 1.82) is 0 Å². The van der Waals surface area contributed by atoms with Gasteiger partial charge in [-0.25, -0.2) is 8.42 Å². The summed E-state index contributed by atoms with van der Waals surface area (Å²) in [6.07, 6.45) is 0. The van der Waals surface area contributed by atoms with Crippen LogP contribution in [-0.4, -0.2) is 34.0 Å². The normalized spacial score (nSPS) is 16.6. The molecule has 1 N–H and O–H groups in total. The van der Waals surface area contributed by atoms with E-state index in [0.717, 1.165) is 5.56 Å². The molecule has 0 atom stereocenters. The molecule has 7 heteroatoms. The van der Waals surface area contributed by atoms with Crippen LogP contribution in [0.15, 0.2) is 23.1 Å². The Bertz CT molecular complexity index is 528. The van der Waals surface area contributed by atoms with Crippen molar-refractivity contribution < 1.29 is 18.0 Å². The number of sulfone groups is 1. The zero-order valence-corrected chi connectivity index (χ0v) is 11.4. The second kappa shape index (κ2) is 5.54. The molecule has 1 aromatic carbocycles. The summed E-state index contributed by atoms with van der Waals surface area (Å²) in [5.74, 6) is 0. The summed E-state index contributed by atoms with van der Waals surface area (Å²) in [5.41, 5.74) is 3.52. The third kappa shape index (κ3) is 2.67. The van der Waals surface area contributed by atoms with Crippen LogP contribution in [-0.2, 0) is 26.0 Å². The lowest BCUT2D eigenvalue weighted by atomic mass is 10.2. The quantitative estimate of drug-likeness (QED) is 0.825. The Hall–Kier alpha value is -0.660. The molecule has 0 aromatic heterocycles. The van der Waals surface area contributed by atoms with Crippen LogP contribution >= 0.6 is 11.6 Å². The molecule has 1 heterocycles. The van der Waals surface area contributed by atoms with Crippen LogP contribution in [0.5, 0.6) is 0 Å². The van der Waals surface area contributed by atoms with Crippen molar-refractivity contribution in [3.05, 3.63) is 28.8 Å². The monoisotopic (exact) mass is 291 g/mol. The molecule has 0 bridgehead atoms. The maximum absolute atomic E-state index is 12.2. The summed E-state index contributed by atoms with van der Waals surface area (Å²) < 4.78 is 29.2. The molecule has 0 radical (unpaired) electrons. The summed E-state index contributed by atoms with van der Waals surface area (Å²) in [7, 11) is -1.87. The highest BCUT2D eigenvalue weighted by Crippen LogP contribution is 2.28. The van der Waals surface area contributed by atoms with E-state index < -0.39 is 15.1 Å². The molecule has 100 valence electrons. The maximum Gasteiger partial charge on any atom is 0.187 e. The largest absolute Gasteiger partial charge is 0.379 e. The van der Waals surface area contributed by atoms with Crippen LogP contribution in [0.25, 0.3) is 0 Å². The molecule has 0 unspecified atom stereocenters. The molecule has 1 aromatic rings. The highest BCUT2D eigenvalue weighted by atomic mass is 35.5. The van der Waals surface area contributed by atoms with Crippen LogP contribution in [0.4, 0.5) is 0 Å². The lowest BCUT2D eigenvalue weighted by Gasteiger charge is -2.26. The Morgan fingerprint density at radius 3 is 2.72 bits per heavy atom. The first kappa shape index (κ1) is 13.8. The van der Waals surface area contributed by atoms with E-state index in [-0.39, 0.29) is 23.1 Å². The average molecular weight is 292 g/mol. The number of hydrogen-bond acceptors (Lipinski definition) is 5. The fourth-order valence-corrected chi connectivity index (χ4v) is 3.64. The van der Waals surface area contributed by atoms with E-state index in [9.17, 15) is 8.42 Å². The lowest BCUT2D eigenvalue weighted by molar-refractivity contribution is 0.0416. The zero-order valence-electron chi connectivity index (χ0n) is 9.85. The van der Waals surface area contributed by atoms with E-state index in [1.165, 1.54) is 13.2 Å².